The average Bonchev–Trinajstić information content (AvgIpc) is 2.77. The number of likely N-dealkylation sites (tertiary alicyclic amines) is 2. The molecule has 6 heteroatoms. The van der Waals surface area contributed by atoms with Gasteiger partial charge in [0.1, 0.15) is 12.2 Å². The maximum Gasteiger partial charge on any atom is 0.410 e. The zero-order chi connectivity index (χ0) is 24.7. The summed E-state index contributed by atoms with van der Waals surface area (Å²) in [7, 11) is 0. The highest BCUT2D eigenvalue weighted by Gasteiger charge is 2.74. The van der Waals surface area contributed by atoms with E-state index in [9.17, 15) is 9.59 Å². The number of nitrogens with zero attached hydrogens (tertiary/aromatic N) is 2. The van der Waals surface area contributed by atoms with E-state index in [1.165, 1.54) is 19.3 Å². The van der Waals surface area contributed by atoms with E-state index in [1.807, 2.05) is 56.0 Å². The molecule has 0 radical (unpaired) electrons. The molecule has 6 rings (SSSR count). The van der Waals surface area contributed by atoms with E-state index in [2.05, 4.69) is 4.90 Å². The van der Waals surface area contributed by atoms with E-state index >= 15 is 0 Å². The second-order valence-electron chi connectivity index (χ2n) is 12.7. The lowest BCUT2D eigenvalue weighted by atomic mass is 9.38. The van der Waals surface area contributed by atoms with Crippen LogP contribution >= 0.6 is 0 Å². The quantitative estimate of drug-likeness (QED) is 0.508. The van der Waals surface area contributed by atoms with Crippen molar-refractivity contribution in [2.75, 3.05) is 26.2 Å². The van der Waals surface area contributed by atoms with E-state index in [4.69, 9.17) is 9.47 Å². The van der Waals surface area contributed by atoms with Crippen molar-refractivity contribution in [2.24, 2.45) is 17.3 Å². The third-order valence-electron chi connectivity index (χ3n) is 8.87. The van der Waals surface area contributed by atoms with Crippen molar-refractivity contribution in [3.05, 3.63) is 35.9 Å². The molecular formula is C29H42N2O4. The first-order chi connectivity index (χ1) is 16.7. The first kappa shape index (κ1) is 24.6. The van der Waals surface area contributed by atoms with E-state index in [1.54, 1.807) is 0 Å². The fourth-order valence-electron chi connectivity index (χ4n) is 6.95. The highest BCUT2D eigenvalue weighted by atomic mass is 16.6. The van der Waals surface area contributed by atoms with Crippen LogP contribution < -0.4 is 0 Å². The summed E-state index contributed by atoms with van der Waals surface area (Å²) >= 11 is 0. The highest BCUT2D eigenvalue weighted by molar-refractivity contribution is 5.82. The molecule has 0 aromatic heterocycles. The van der Waals surface area contributed by atoms with Crippen molar-refractivity contribution >= 4 is 12.1 Å². The molecule has 1 aromatic carbocycles. The van der Waals surface area contributed by atoms with Gasteiger partial charge in [0, 0.05) is 18.6 Å². The monoisotopic (exact) mass is 482 g/mol. The van der Waals surface area contributed by atoms with Crippen LogP contribution in [0.2, 0.25) is 0 Å². The molecule has 2 aliphatic heterocycles. The van der Waals surface area contributed by atoms with Crippen LogP contribution in [-0.2, 0) is 20.9 Å². The summed E-state index contributed by atoms with van der Waals surface area (Å²) < 4.78 is 11.2. The van der Waals surface area contributed by atoms with Crippen molar-refractivity contribution < 1.29 is 19.1 Å². The van der Waals surface area contributed by atoms with Crippen LogP contribution in [0.3, 0.4) is 0 Å². The minimum atomic E-state index is -0.426. The Kier molecular flexibility index (Phi) is 6.62. The van der Waals surface area contributed by atoms with Gasteiger partial charge in [-0.15, -0.1) is 0 Å². The normalized spacial score (nSPS) is 29.7. The largest absolute Gasteiger partial charge is 0.460 e. The number of piperidine rings is 2. The molecule has 1 amide bonds. The van der Waals surface area contributed by atoms with Crippen molar-refractivity contribution in [1.82, 2.24) is 9.80 Å². The Labute approximate surface area is 210 Å². The predicted octanol–water partition coefficient (Wildman–Crippen LogP) is 5.40. The first-order valence-corrected chi connectivity index (χ1v) is 13.6. The van der Waals surface area contributed by atoms with Gasteiger partial charge in [0.25, 0.3) is 0 Å². The Morgan fingerprint density at radius 3 is 2.06 bits per heavy atom. The van der Waals surface area contributed by atoms with Crippen molar-refractivity contribution in [3.63, 3.8) is 0 Å². The van der Waals surface area contributed by atoms with Crippen LogP contribution in [0.15, 0.2) is 30.3 Å². The molecule has 2 saturated heterocycles. The van der Waals surface area contributed by atoms with Gasteiger partial charge < -0.3 is 14.4 Å². The number of hydrogen-bond donors (Lipinski definition) is 0. The number of hydrogen-bond acceptors (Lipinski definition) is 5. The van der Waals surface area contributed by atoms with Gasteiger partial charge in [-0.25, -0.2) is 4.79 Å². The summed E-state index contributed by atoms with van der Waals surface area (Å²) in [5.41, 5.74) is 0.702. The Balaban J connectivity index is 0.997. The molecular weight excluding hydrogens is 440 g/mol. The van der Waals surface area contributed by atoms with E-state index in [0.717, 1.165) is 75.7 Å². The SMILES string of the molecule is CC(C)(C)OC(=O)N1CCC(CC2CCN(C34CC(C(=O)OCc5ccccc5)(C3)C4)CC2)CC1. The number of benzene rings is 1. The summed E-state index contributed by atoms with van der Waals surface area (Å²) in [6.45, 7) is 10.1. The molecule has 5 aliphatic rings. The van der Waals surface area contributed by atoms with E-state index in [0.29, 0.717) is 6.61 Å². The lowest BCUT2D eigenvalue weighted by molar-refractivity contribution is -0.240. The second-order valence-corrected chi connectivity index (χ2v) is 12.7. The molecule has 192 valence electrons. The Morgan fingerprint density at radius 1 is 0.914 bits per heavy atom. The topological polar surface area (TPSA) is 59.1 Å². The van der Waals surface area contributed by atoms with Crippen LogP contribution in [0.25, 0.3) is 0 Å². The molecule has 1 aromatic rings. The zero-order valence-corrected chi connectivity index (χ0v) is 21.8. The molecule has 2 heterocycles. The number of amides is 1. The minimum Gasteiger partial charge on any atom is -0.460 e. The van der Waals surface area contributed by atoms with Crippen molar-refractivity contribution in [1.29, 1.82) is 0 Å². The number of carbonyl (C=O) groups is 2. The maximum atomic E-state index is 12.7. The predicted molar refractivity (Wildman–Crippen MR) is 135 cm³/mol. The molecule has 3 aliphatic carbocycles. The molecule has 0 spiro atoms. The summed E-state index contributed by atoms with van der Waals surface area (Å²) in [4.78, 5) is 29.6. The third-order valence-corrected chi connectivity index (χ3v) is 8.87. The molecule has 0 unspecified atom stereocenters. The molecule has 3 saturated carbocycles. The summed E-state index contributed by atoms with van der Waals surface area (Å²) in [6, 6.07) is 9.96. The molecule has 35 heavy (non-hydrogen) atoms. The van der Waals surface area contributed by atoms with Crippen LogP contribution in [0.1, 0.15) is 77.7 Å². The van der Waals surface area contributed by atoms with Gasteiger partial charge in [0.15, 0.2) is 0 Å². The molecule has 5 fully saturated rings. The van der Waals surface area contributed by atoms with E-state index < -0.39 is 5.60 Å². The van der Waals surface area contributed by atoms with Gasteiger partial charge in [-0.1, -0.05) is 30.3 Å². The number of rotatable bonds is 6. The Hall–Kier alpha value is -2.08. The molecule has 0 N–H and O–H groups in total. The zero-order valence-electron chi connectivity index (χ0n) is 21.8. The van der Waals surface area contributed by atoms with Crippen molar-refractivity contribution in [3.8, 4) is 0 Å². The lowest BCUT2D eigenvalue weighted by Gasteiger charge is -2.72. The van der Waals surface area contributed by atoms with Gasteiger partial charge in [-0.2, -0.15) is 0 Å². The summed E-state index contributed by atoms with van der Waals surface area (Å²) in [6.07, 6.45) is 8.81. The Bertz CT molecular complexity index is 889. The van der Waals surface area contributed by atoms with Crippen molar-refractivity contribution in [2.45, 2.75) is 89.9 Å². The lowest BCUT2D eigenvalue weighted by Crippen LogP contribution is -2.77. The number of esters is 1. The molecule has 6 nitrogen and oxygen atoms in total. The van der Waals surface area contributed by atoms with Gasteiger partial charge in [0.05, 0.1) is 5.41 Å². The maximum absolute atomic E-state index is 12.7. The molecule has 0 atom stereocenters. The smallest absolute Gasteiger partial charge is 0.410 e. The molecule has 2 bridgehead atoms. The third kappa shape index (κ3) is 5.23. The fourth-order valence-corrected chi connectivity index (χ4v) is 6.95. The minimum absolute atomic E-state index is 0.0100. The van der Waals surface area contributed by atoms with Gasteiger partial charge >= 0.3 is 12.1 Å². The average molecular weight is 483 g/mol. The van der Waals surface area contributed by atoms with E-state index in [-0.39, 0.29) is 23.0 Å². The Morgan fingerprint density at radius 2 is 1.49 bits per heavy atom. The van der Waals surface area contributed by atoms with Gasteiger partial charge in [0.2, 0.25) is 0 Å². The van der Waals surface area contributed by atoms with Crippen LogP contribution in [0.4, 0.5) is 4.79 Å². The van der Waals surface area contributed by atoms with Crippen LogP contribution in [0.5, 0.6) is 0 Å². The second kappa shape index (κ2) is 9.42. The summed E-state index contributed by atoms with van der Waals surface area (Å²) in [5, 5.41) is 0. The summed E-state index contributed by atoms with van der Waals surface area (Å²) in [5.74, 6) is 1.53. The van der Waals surface area contributed by atoms with Crippen LogP contribution in [0, 0.1) is 17.3 Å². The van der Waals surface area contributed by atoms with Crippen LogP contribution in [-0.4, -0.2) is 59.2 Å². The van der Waals surface area contributed by atoms with Gasteiger partial charge in [-0.3, -0.25) is 9.69 Å². The van der Waals surface area contributed by atoms with Gasteiger partial charge in [-0.05, 0) is 103 Å². The number of carbonyl (C=O) groups excluding carboxylic acids is 2. The fraction of sp³-hybridized carbons (Fsp3) is 0.724. The first-order valence-electron chi connectivity index (χ1n) is 13.6. The standard InChI is InChI=1S/C29H42N2O4/c1-27(2,3)35-26(33)30-13-9-22(10-14-30)17-23-11-15-31(16-12-23)29-19-28(20-29,21-29)25(32)34-18-24-7-5-4-6-8-24/h4-8,22-23H,9-21H2,1-3H3. The highest BCUT2D eigenvalue weighted by Crippen LogP contribution is 2.70. The number of ether oxygens (including phenoxy) is 2.